The molecule has 5 rings (SSSR count). The van der Waals surface area contributed by atoms with Crippen LogP contribution in [0.15, 0.2) is 78.2 Å². The number of nitrogens with zero attached hydrogens (tertiary/aromatic N) is 3. The standard InChI is InChI=1S/C35H40ClN5O3S/c1-23-22-45-34(38-23)31-13-8-14-41(31)35(44)27-17-26(18-29(19-27)40(2)3)33(43)39-30(16-24-9-5-4-6-10-24)32(42)21-37-20-25-11-7-12-28(36)15-25/h4-7,9-12,15,17-19,22,30-32,37,42H,8,13-14,16,20-21H2,1-3H3,(H,39,43)/t30-,31?,32+/m0/s1. The molecule has 1 unspecified atom stereocenters. The molecule has 236 valence electrons. The van der Waals surface area contributed by atoms with E-state index in [1.165, 1.54) is 0 Å². The fourth-order valence-corrected chi connectivity index (χ4v) is 6.79. The summed E-state index contributed by atoms with van der Waals surface area (Å²) in [7, 11) is 3.77. The molecule has 8 nitrogen and oxygen atoms in total. The Morgan fingerprint density at radius 1 is 1.07 bits per heavy atom. The van der Waals surface area contributed by atoms with Gasteiger partial charge in [-0.15, -0.1) is 11.3 Å². The predicted molar refractivity (Wildman–Crippen MR) is 181 cm³/mol. The molecule has 0 spiro atoms. The molecular weight excluding hydrogens is 606 g/mol. The number of aromatic nitrogens is 1. The second-order valence-electron chi connectivity index (χ2n) is 11.7. The van der Waals surface area contributed by atoms with Crippen molar-refractivity contribution in [2.24, 2.45) is 0 Å². The molecule has 45 heavy (non-hydrogen) atoms. The molecule has 1 aliphatic rings. The first-order chi connectivity index (χ1) is 21.7. The minimum atomic E-state index is -0.876. The molecule has 3 atom stereocenters. The number of aryl methyl sites for hydroxylation is 1. The van der Waals surface area contributed by atoms with E-state index >= 15 is 0 Å². The molecule has 0 saturated carbocycles. The van der Waals surface area contributed by atoms with Crippen molar-refractivity contribution in [1.29, 1.82) is 0 Å². The molecule has 4 aromatic rings. The van der Waals surface area contributed by atoms with Crippen LogP contribution >= 0.6 is 22.9 Å². The van der Waals surface area contributed by atoms with Crippen LogP contribution in [0.3, 0.4) is 0 Å². The van der Waals surface area contributed by atoms with Crippen LogP contribution in [0, 0.1) is 6.92 Å². The SMILES string of the molecule is Cc1csc(C2CCCN2C(=O)c2cc(C(=O)N[C@@H](Cc3ccccc3)[C@H](O)CNCc3cccc(Cl)c3)cc(N(C)C)c2)n1. The Balaban J connectivity index is 1.35. The molecule has 1 aromatic heterocycles. The summed E-state index contributed by atoms with van der Waals surface area (Å²) >= 11 is 7.70. The third-order valence-electron chi connectivity index (χ3n) is 8.03. The Kier molecular flexibility index (Phi) is 10.9. The van der Waals surface area contributed by atoms with Crippen LogP contribution in [0.2, 0.25) is 5.02 Å². The fourth-order valence-electron chi connectivity index (χ4n) is 5.64. The predicted octanol–water partition coefficient (Wildman–Crippen LogP) is 5.64. The lowest BCUT2D eigenvalue weighted by atomic mass is 9.99. The van der Waals surface area contributed by atoms with Gasteiger partial charge in [-0.1, -0.05) is 54.1 Å². The van der Waals surface area contributed by atoms with Crippen LogP contribution < -0.4 is 15.5 Å². The Bertz CT molecular complexity index is 1610. The largest absolute Gasteiger partial charge is 0.390 e. The third-order valence-corrected chi connectivity index (χ3v) is 9.33. The number of hydrogen-bond acceptors (Lipinski definition) is 7. The lowest BCUT2D eigenvalue weighted by Crippen LogP contribution is -2.48. The second-order valence-corrected chi connectivity index (χ2v) is 13.1. The van der Waals surface area contributed by atoms with Gasteiger partial charge in [0.15, 0.2) is 0 Å². The van der Waals surface area contributed by atoms with Gasteiger partial charge < -0.3 is 25.5 Å². The number of rotatable bonds is 12. The first-order valence-electron chi connectivity index (χ1n) is 15.2. The average Bonchev–Trinajstić information content (AvgIpc) is 3.69. The van der Waals surface area contributed by atoms with Gasteiger partial charge in [-0.3, -0.25) is 9.59 Å². The number of likely N-dealkylation sites (tertiary alicyclic amines) is 1. The highest BCUT2D eigenvalue weighted by Crippen LogP contribution is 2.35. The van der Waals surface area contributed by atoms with Gasteiger partial charge in [0.25, 0.3) is 11.8 Å². The summed E-state index contributed by atoms with van der Waals surface area (Å²) in [4.78, 5) is 36.2. The number of thiazole rings is 1. The van der Waals surface area contributed by atoms with Crippen molar-refractivity contribution in [2.75, 3.05) is 32.1 Å². The molecule has 0 bridgehead atoms. The van der Waals surface area contributed by atoms with Crippen LogP contribution in [0.5, 0.6) is 0 Å². The molecule has 0 aliphatic carbocycles. The molecular formula is C35H40ClN5O3S. The average molecular weight is 646 g/mol. The Hall–Kier alpha value is -3.76. The number of hydrogen-bond donors (Lipinski definition) is 3. The van der Waals surface area contributed by atoms with Gasteiger partial charge in [-0.25, -0.2) is 4.98 Å². The lowest BCUT2D eigenvalue weighted by Gasteiger charge is -2.26. The van der Waals surface area contributed by atoms with Crippen molar-refractivity contribution in [3.8, 4) is 0 Å². The molecule has 2 amide bonds. The van der Waals surface area contributed by atoms with Crippen molar-refractivity contribution in [2.45, 2.75) is 50.9 Å². The number of amides is 2. The van der Waals surface area contributed by atoms with Gasteiger partial charge in [0.2, 0.25) is 0 Å². The third kappa shape index (κ3) is 8.49. The Labute approximate surface area is 274 Å². The topological polar surface area (TPSA) is 97.8 Å². The van der Waals surface area contributed by atoms with E-state index in [9.17, 15) is 14.7 Å². The van der Waals surface area contributed by atoms with Crippen LogP contribution in [-0.4, -0.2) is 66.1 Å². The molecule has 0 radical (unpaired) electrons. The first kappa shape index (κ1) is 32.6. The van der Waals surface area contributed by atoms with Crippen LogP contribution in [-0.2, 0) is 13.0 Å². The highest BCUT2D eigenvalue weighted by Gasteiger charge is 2.33. The van der Waals surface area contributed by atoms with Crippen molar-refractivity contribution in [3.63, 3.8) is 0 Å². The number of benzene rings is 3. The number of aliphatic hydroxyl groups excluding tert-OH is 1. The van der Waals surface area contributed by atoms with E-state index in [0.717, 1.165) is 40.4 Å². The summed E-state index contributed by atoms with van der Waals surface area (Å²) in [6, 6.07) is 21.9. The van der Waals surface area contributed by atoms with Crippen LogP contribution in [0.4, 0.5) is 5.69 Å². The quantitative estimate of drug-likeness (QED) is 0.185. The van der Waals surface area contributed by atoms with E-state index in [-0.39, 0.29) is 24.4 Å². The van der Waals surface area contributed by atoms with Crippen LogP contribution in [0.1, 0.15) is 61.4 Å². The van der Waals surface area contributed by atoms with Crippen molar-refractivity contribution >= 4 is 40.4 Å². The number of aliphatic hydroxyl groups is 1. The molecule has 3 aromatic carbocycles. The van der Waals surface area contributed by atoms with Gasteiger partial charge in [-0.05, 0) is 67.6 Å². The maximum atomic E-state index is 13.9. The van der Waals surface area contributed by atoms with E-state index in [1.807, 2.05) is 96.9 Å². The molecule has 1 saturated heterocycles. The van der Waals surface area contributed by atoms with Gasteiger partial charge >= 0.3 is 0 Å². The van der Waals surface area contributed by atoms with E-state index in [4.69, 9.17) is 11.6 Å². The number of carbonyl (C=O) groups is 2. The number of halogens is 1. The zero-order valence-corrected chi connectivity index (χ0v) is 27.4. The van der Waals surface area contributed by atoms with Gasteiger partial charge in [-0.2, -0.15) is 0 Å². The van der Waals surface area contributed by atoms with E-state index < -0.39 is 12.1 Å². The summed E-state index contributed by atoms with van der Waals surface area (Å²) in [6.45, 7) is 3.39. The smallest absolute Gasteiger partial charge is 0.254 e. The number of nitrogens with one attached hydrogen (secondary N) is 2. The van der Waals surface area contributed by atoms with Crippen LogP contribution in [0.25, 0.3) is 0 Å². The van der Waals surface area contributed by atoms with Crippen molar-refractivity contribution in [1.82, 2.24) is 20.5 Å². The van der Waals surface area contributed by atoms with Gasteiger partial charge in [0.05, 0.1) is 18.2 Å². The Morgan fingerprint density at radius 2 is 1.82 bits per heavy atom. The molecule has 2 heterocycles. The minimum absolute atomic E-state index is 0.0682. The lowest BCUT2D eigenvalue weighted by molar-refractivity contribution is 0.0735. The van der Waals surface area contributed by atoms with E-state index in [1.54, 1.807) is 23.5 Å². The zero-order chi connectivity index (χ0) is 31.9. The van der Waals surface area contributed by atoms with E-state index in [0.29, 0.717) is 35.7 Å². The summed E-state index contributed by atoms with van der Waals surface area (Å²) in [6.07, 6.45) is 1.33. The zero-order valence-electron chi connectivity index (χ0n) is 25.9. The summed E-state index contributed by atoms with van der Waals surface area (Å²) in [5.41, 5.74) is 4.51. The summed E-state index contributed by atoms with van der Waals surface area (Å²) in [5.74, 6) is -0.467. The maximum absolute atomic E-state index is 13.9. The fraction of sp³-hybridized carbons (Fsp3) is 0.343. The summed E-state index contributed by atoms with van der Waals surface area (Å²) in [5, 5.41) is 21.3. The monoisotopic (exact) mass is 645 g/mol. The molecule has 3 N–H and O–H groups in total. The van der Waals surface area contributed by atoms with E-state index in [2.05, 4.69) is 15.6 Å². The second kappa shape index (κ2) is 15.0. The molecule has 10 heteroatoms. The molecule has 1 aliphatic heterocycles. The number of carbonyl (C=O) groups excluding carboxylic acids is 2. The first-order valence-corrected chi connectivity index (χ1v) is 16.5. The van der Waals surface area contributed by atoms with Crippen molar-refractivity contribution in [3.05, 3.63) is 116 Å². The number of anilines is 1. The normalized spacial score (nSPS) is 15.9. The minimum Gasteiger partial charge on any atom is -0.390 e. The Morgan fingerprint density at radius 3 is 2.53 bits per heavy atom. The molecule has 1 fully saturated rings. The van der Waals surface area contributed by atoms with Gasteiger partial charge in [0.1, 0.15) is 5.01 Å². The summed E-state index contributed by atoms with van der Waals surface area (Å²) < 4.78 is 0. The van der Waals surface area contributed by atoms with Gasteiger partial charge in [0, 0.05) is 66.6 Å². The van der Waals surface area contributed by atoms with Crippen molar-refractivity contribution < 1.29 is 14.7 Å². The highest BCUT2D eigenvalue weighted by atomic mass is 35.5. The highest BCUT2D eigenvalue weighted by molar-refractivity contribution is 7.09. The maximum Gasteiger partial charge on any atom is 0.254 e.